The molecule has 1 fully saturated rings. The Hall–Kier alpha value is -15.7. The van der Waals surface area contributed by atoms with Gasteiger partial charge < -0.3 is 18.8 Å². The highest BCUT2D eigenvalue weighted by Crippen LogP contribution is 2.58. The summed E-state index contributed by atoms with van der Waals surface area (Å²) < 4.78 is 31.3. The molecule has 3 aliphatic rings. The minimum Gasteiger partial charge on any atom is -0.457 e. The van der Waals surface area contributed by atoms with Gasteiger partial charge in [-0.3, -0.25) is 9.13 Å². The normalized spacial score (nSPS) is 13.9. The molecule has 14 heteroatoms. The third-order valence-electron chi connectivity index (χ3n) is 25.3. The summed E-state index contributed by atoms with van der Waals surface area (Å²) in [5, 5.41) is 14.0. The molecule has 23 rings (SSSR count). The van der Waals surface area contributed by atoms with Crippen molar-refractivity contribution < 1.29 is 18.8 Å². The monoisotopic (exact) mass is 1710 g/mol. The lowest BCUT2D eigenvalue weighted by atomic mass is 9.63. The second-order valence-corrected chi connectivity index (χ2v) is 34.2. The Kier molecular flexibility index (Phi) is 20.4. The van der Waals surface area contributed by atoms with Gasteiger partial charge >= 0.3 is 7.12 Å². The van der Waals surface area contributed by atoms with Gasteiger partial charge in [0, 0.05) is 65.1 Å². The summed E-state index contributed by atoms with van der Waals surface area (Å²) in [4.78, 5) is 24.1. The third kappa shape index (κ3) is 14.0. The number of benzene rings is 16. The molecule has 20 aromatic rings. The number of fused-ring (bicyclic) bond motifs is 10. The van der Waals surface area contributed by atoms with Crippen LogP contribution >= 0.6 is 15.9 Å². The van der Waals surface area contributed by atoms with E-state index in [1.165, 1.54) is 22.3 Å². The van der Waals surface area contributed by atoms with Crippen molar-refractivity contribution in [2.45, 2.75) is 49.7 Å². The Morgan fingerprint density at radius 1 is 0.320 bits per heavy atom. The van der Waals surface area contributed by atoms with Gasteiger partial charge in [-0.2, -0.15) is 5.26 Å². The van der Waals surface area contributed by atoms with Crippen LogP contribution < -0.4 is 14.9 Å². The van der Waals surface area contributed by atoms with Gasteiger partial charge in [-0.15, -0.1) is 0 Å². The maximum absolute atomic E-state index is 10.0. The quantitative estimate of drug-likeness (QED) is 0.0868. The standard InChI is InChI=1S/C54H34N4O.C31H29BO3.C29H17BrN4/c55-35-36-25-29-49-43(31-36)44-32-39(27-30-50(44)58(49)53-56-47(37-15-5-1-6-16-37)34-48(57-53)38-17-7-2-8-18-38)40-26-28-46-52(33-40)59-51-24-14-13-23-45(51)54(46,41-19-9-3-10-20-41)42-21-11-4-12-22-42;1-29(2)30(3,4)35-32(34-29)24-19-20-26-28(21-24)33-27-18-12-11-17-25(27)31(26,22-13-7-5-8-14-22)23-15-9-6-10-16-23;1-31-22-13-15-28-24(17-22)23-16-21(30)12-14-27(23)34(28)29-32-25(19-8-4-2-5-9-19)18-26(33-29)20-10-6-3-7-11-20/h1-34H;5-21H,1-4H3;2-18H. The van der Waals surface area contributed by atoms with Gasteiger partial charge in [0.1, 0.15) is 23.0 Å². The second-order valence-electron chi connectivity index (χ2n) is 33.3. The Bertz CT molecular complexity index is 7530. The molecule has 0 unspecified atom stereocenters. The molecule has 0 bridgehead atoms. The highest BCUT2D eigenvalue weighted by atomic mass is 79.9. The maximum atomic E-state index is 10.0. The highest BCUT2D eigenvalue weighted by molar-refractivity contribution is 9.10. The van der Waals surface area contributed by atoms with Crippen molar-refractivity contribution in [3.63, 3.8) is 0 Å². The molecule has 610 valence electrons. The minimum atomic E-state index is -0.594. The van der Waals surface area contributed by atoms with Crippen LogP contribution in [0, 0.1) is 17.9 Å². The molecule has 128 heavy (non-hydrogen) atoms. The number of hydrogen-bond donors (Lipinski definition) is 0. The summed E-state index contributed by atoms with van der Waals surface area (Å²) >= 11 is 3.60. The maximum Gasteiger partial charge on any atom is 0.494 e. The predicted octanol–water partition coefficient (Wildman–Crippen LogP) is 27.6. The lowest BCUT2D eigenvalue weighted by Gasteiger charge is -2.41. The van der Waals surface area contributed by atoms with E-state index in [1.807, 2.05) is 133 Å². The van der Waals surface area contributed by atoms with E-state index in [-0.39, 0.29) is 0 Å². The summed E-state index contributed by atoms with van der Waals surface area (Å²) in [6, 6.07) is 144. The molecule has 0 N–H and O–H groups in total. The molecule has 4 aromatic heterocycles. The van der Waals surface area contributed by atoms with Crippen LogP contribution in [-0.2, 0) is 20.1 Å². The first-order valence-corrected chi connectivity index (χ1v) is 43.5. The van der Waals surface area contributed by atoms with Gasteiger partial charge in [-0.1, -0.05) is 331 Å². The van der Waals surface area contributed by atoms with Crippen LogP contribution in [0.15, 0.2) is 417 Å². The van der Waals surface area contributed by atoms with Gasteiger partial charge in [-0.05, 0) is 169 Å². The lowest BCUT2D eigenvalue weighted by Crippen LogP contribution is -2.41. The summed E-state index contributed by atoms with van der Waals surface area (Å²) in [5.74, 6) is 4.48. The fourth-order valence-electron chi connectivity index (χ4n) is 18.6. The molecule has 3 aliphatic heterocycles. The van der Waals surface area contributed by atoms with Crippen LogP contribution in [0.5, 0.6) is 23.0 Å². The van der Waals surface area contributed by atoms with E-state index < -0.39 is 29.2 Å². The molecule has 7 heterocycles. The fourth-order valence-corrected chi connectivity index (χ4v) is 19.0. The van der Waals surface area contributed by atoms with Gasteiger partial charge in [-0.25, -0.2) is 24.8 Å². The number of rotatable bonds is 12. The fraction of sp³-hybridized carbons (Fsp3) is 0.0702. The first-order valence-electron chi connectivity index (χ1n) is 42.7. The van der Waals surface area contributed by atoms with Gasteiger partial charge in [0.2, 0.25) is 11.9 Å². The summed E-state index contributed by atoms with van der Waals surface area (Å²) in [6.07, 6.45) is 0. The van der Waals surface area contributed by atoms with Crippen LogP contribution in [0.1, 0.15) is 77.8 Å². The molecule has 0 radical (unpaired) electrons. The summed E-state index contributed by atoms with van der Waals surface area (Å²) in [6.45, 7) is 15.8. The Morgan fingerprint density at radius 3 is 1.09 bits per heavy atom. The first kappa shape index (κ1) is 79.5. The van der Waals surface area contributed by atoms with Gasteiger partial charge in [0.15, 0.2) is 5.69 Å². The molecule has 16 aromatic carbocycles. The van der Waals surface area contributed by atoms with Crippen LogP contribution in [0.3, 0.4) is 0 Å². The third-order valence-corrected chi connectivity index (χ3v) is 25.8. The van der Waals surface area contributed by atoms with Crippen molar-refractivity contribution in [2.75, 3.05) is 0 Å². The van der Waals surface area contributed by atoms with Gasteiger partial charge in [0.25, 0.3) is 0 Å². The summed E-state index contributed by atoms with van der Waals surface area (Å²) in [5.41, 5.74) is 22.7. The number of halogens is 1. The van der Waals surface area contributed by atoms with E-state index in [4.69, 9.17) is 45.3 Å². The number of para-hydroxylation sites is 2. The molecule has 1 saturated heterocycles. The number of aromatic nitrogens is 6. The lowest BCUT2D eigenvalue weighted by molar-refractivity contribution is 0.00578. The Morgan fingerprint density at radius 2 is 0.656 bits per heavy atom. The predicted molar refractivity (Wildman–Crippen MR) is 518 cm³/mol. The van der Waals surface area contributed by atoms with E-state index in [0.29, 0.717) is 23.1 Å². The van der Waals surface area contributed by atoms with Crippen LogP contribution in [0.2, 0.25) is 0 Å². The minimum absolute atomic E-state index is 0.404. The smallest absolute Gasteiger partial charge is 0.457 e. The zero-order valence-corrected chi connectivity index (χ0v) is 72.0. The van der Waals surface area contributed by atoms with Gasteiger partial charge in [0.05, 0.1) is 85.1 Å². The molecule has 0 saturated carbocycles. The first-order chi connectivity index (χ1) is 62.7. The Labute approximate surface area is 751 Å². The zero-order valence-electron chi connectivity index (χ0n) is 70.4. The number of nitriles is 1. The zero-order chi connectivity index (χ0) is 86.7. The van der Waals surface area contributed by atoms with Crippen LogP contribution in [0.25, 0.3) is 117 Å². The molecule has 0 atom stereocenters. The molecular formula is C114H80BBrN8O4. The SMILES string of the molecule is CC1(C)OB(c2ccc3c(c2)Oc2ccccc2C3(c2ccccc2)c2ccccc2)OC1(C)C.N#Cc1ccc2c(c1)c1cc(-c3ccc4c(c3)Oc3ccccc3C4(c3ccccc3)c3ccccc3)ccc1n2-c1nc(-c2ccccc2)cc(-c2ccccc2)n1.[C-]#[N+]c1ccc2c(c1)c1cc(Br)ccc1n2-c1nc(-c2ccccc2)cc(-c2ccccc2)n1. The number of nitrogens with zero attached hydrogens (tertiary/aromatic N) is 8. The second kappa shape index (κ2) is 32.8. The largest absolute Gasteiger partial charge is 0.494 e. The topological polar surface area (TPSA) is 126 Å². The number of ether oxygens (including phenoxy) is 2. The molecule has 12 nitrogen and oxygen atoms in total. The highest BCUT2D eigenvalue weighted by Gasteiger charge is 2.53. The van der Waals surface area contributed by atoms with E-state index in [2.05, 4.69) is 343 Å². The number of hydrogen-bond acceptors (Lipinski definition) is 9. The molecular weight excluding hydrogens is 1640 g/mol. The average Bonchev–Trinajstić information content (AvgIpc) is 0.883. The van der Waals surface area contributed by atoms with Crippen molar-refractivity contribution in [2.24, 2.45) is 0 Å². The summed E-state index contributed by atoms with van der Waals surface area (Å²) in [7, 11) is -0.450. The molecule has 0 amide bonds. The van der Waals surface area contributed by atoms with Crippen LogP contribution in [0.4, 0.5) is 5.69 Å². The Balaban J connectivity index is 0.000000124. The van der Waals surface area contributed by atoms with E-state index in [9.17, 15) is 5.26 Å². The van der Waals surface area contributed by atoms with Crippen molar-refractivity contribution in [3.05, 3.63) is 478 Å². The van der Waals surface area contributed by atoms with Crippen molar-refractivity contribution in [3.8, 4) is 97.1 Å². The average molecular weight is 1720 g/mol. The van der Waals surface area contributed by atoms with E-state index >= 15 is 0 Å². The molecule has 0 aliphatic carbocycles. The van der Waals surface area contributed by atoms with E-state index in [0.717, 1.165) is 155 Å². The molecule has 0 spiro atoms. The van der Waals surface area contributed by atoms with Crippen molar-refractivity contribution in [1.82, 2.24) is 29.1 Å². The van der Waals surface area contributed by atoms with Crippen LogP contribution in [-0.4, -0.2) is 47.4 Å². The van der Waals surface area contributed by atoms with Crippen molar-refractivity contribution >= 4 is 77.8 Å². The van der Waals surface area contributed by atoms with Crippen molar-refractivity contribution in [1.29, 1.82) is 5.26 Å². The van der Waals surface area contributed by atoms with E-state index in [1.54, 1.807) is 0 Å².